The van der Waals surface area contributed by atoms with Crippen molar-refractivity contribution in [2.75, 3.05) is 13.2 Å². The largest absolute Gasteiger partial charge is 0.494 e. The molecule has 4 aromatic rings. The predicted octanol–water partition coefficient (Wildman–Crippen LogP) is 7.28. The Morgan fingerprint density at radius 1 is 0.796 bits per heavy atom. The van der Waals surface area contributed by atoms with Crippen molar-refractivity contribution in [3.8, 4) is 28.3 Å². The van der Waals surface area contributed by atoms with Crippen molar-refractivity contribution in [2.45, 2.75) is 77.7 Å². The highest BCUT2D eigenvalue weighted by Crippen LogP contribution is 2.25. The molecule has 0 spiro atoms. The molecule has 9 heteroatoms. The van der Waals surface area contributed by atoms with Crippen LogP contribution in [0, 0.1) is 5.92 Å². The molecule has 49 heavy (non-hydrogen) atoms. The van der Waals surface area contributed by atoms with Gasteiger partial charge in [-0.2, -0.15) is 0 Å². The quantitative estimate of drug-likeness (QED) is 0.0702. The van der Waals surface area contributed by atoms with Gasteiger partial charge in [0.15, 0.2) is 11.6 Å². The molecule has 1 heterocycles. The van der Waals surface area contributed by atoms with Gasteiger partial charge in [0, 0.05) is 41.4 Å². The van der Waals surface area contributed by atoms with Crippen LogP contribution >= 0.6 is 0 Å². The number of carboxylic acid groups (broad SMARTS) is 1. The fourth-order valence-electron chi connectivity index (χ4n) is 5.47. The second-order valence-corrected chi connectivity index (χ2v) is 12.7. The van der Waals surface area contributed by atoms with Gasteiger partial charge in [0.05, 0.1) is 13.2 Å². The number of ketones is 1. The van der Waals surface area contributed by atoms with Gasteiger partial charge in [-0.1, -0.05) is 107 Å². The van der Waals surface area contributed by atoms with E-state index in [1.165, 1.54) is 25.7 Å². The average Bonchev–Trinajstić information content (AvgIpc) is 3.12. The number of ether oxygens (including phenoxy) is 1. The van der Waals surface area contributed by atoms with Crippen molar-refractivity contribution in [1.29, 1.82) is 0 Å². The summed E-state index contributed by atoms with van der Waals surface area (Å²) in [5, 5.41) is 21.2. The van der Waals surface area contributed by atoms with Crippen molar-refractivity contribution < 1.29 is 29.3 Å². The summed E-state index contributed by atoms with van der Waals surface area (Å²) in [6, 6.07) is 21.2. The number of hydrogen-bond acceptors (Lipinski definition) is 7. The number of amides is 1. The van der Waals surface area contributed by atoms with Crippen LogP contribution in [-0.2, 0) is 16.0 Å². The van der Waals surface area contributed by atoms with Crippen LogP contribution in [-0.4, -0.2) is 57.1 Å². The third-order valence-corrected chi connectivity index (χ3v) is 8.55. The number of benzene rings is 3. The van der Waals surface area contributed by atoms with Gasteiger partial charge in [0.25, 0.3) is 0 Å². The highest BCUT2D eigenvalue weighted by molar-refractivity contribution is 5.99. The highest BCUT2D eigenvalue weighted by atomic mass is 16.5. The number of nitrogens with one attached hydrogen (secondary N) is 1. The molecular weight excluding hydrogens is 618 g/mol. The van der Waals surface area contributed by atoms with Crippen LogP contribution in [0.3, 0.4) is 0 Å². The number of aliphatic hydroxyl groups excluding tert-OH is 1. The summed E-state index contributed by atoms with van der Waals surface area (Å²) < 4.78 is 5.88. The number of hydrogen-bond donors (Lipinski definition) is 3. The lowest BCUT2D eigenvalue weighted by Crippen LogP contribution is -2.46. The molecular formula is C40H47N3O6. The van der Waals surface area contributed by atoms with Crippen molar-refractivity contribution in [2.24, 2.45) is 5.92 Å². The summed E-state index contributed by atoms with van der Waals surface area (Å²) in [7, 11) is 0. The summed E-state index contributed by atoms with van der Waals surface area (Å²) in [6.07, 6.45) is 9.61. The fraction of sp³-hybridized carbons (Fsp3) is 0.375. The van der Waals surface area contributed by atoms with E-state index in [1.807, 2.05) is 60.7 Å². The van der Waals surface area contributed by atoms with Crippen LogP contribution < -0.4 is 10.1 Å². The molecule has 1 amide bonds. The number of nitrogens with zero attached hydrogens (tertiary/aromatic N) is 2. The summed E-state index contributed by atoms with van der Waals surface area (Å²) in [4.78, 5) is 47.0. The molecule has 0 saturated heterocycles. The second-order valence-electron chi connectivity index (χ2n) is 12.7. The lowest BCUT2D eigenvalue weighted by molar-refractivity contribution is -0.143. The Balaban J connectivity index is 1.41. The monoisotopic (exact) mass is 665 g/mol. The van der Waals surface area contributed by atoms with Crippen molar-refractivity contribution in [3.05, 3.63) is 102 Å². The van der Waals surface area contributed by atoms with Gasteiger partial charge >= 0.3 is 5.97 Å². The molecule has 0 bridgehead atoms. The maximum atomic E-state index is 13.2. The summed E-state index contributed by atoms with van der Waals surface area (Å²) in [5.41, 5.74) is 5.01. The minimum Gasteiger partial charge on any atom is -0.494 e. The number of carbonyl (C=O) groups is 3. The number of aliphatic carboxylic acids is 1. The zero-order valence-electron chi connectivity index (χ0n) is 28.6. The fourth-order valence-corrected chi connectivity index (χ4v) is 5.47. The normalized spacial score (nSPS) is 12.3. The Bertz CT molecular complexity index is 1640. The van der Waals surface area contributed by atoms with E-state index in [0.29, 0.717) is 23.9 Å². The molecule has 0 aliphatic heterocycles. The molecule has 0 radical (unpaired) electrons. The van der Waals surface area contributed by atoms with E-state index in [9.17, 15) is 24.6 Å². The van der Waals surface area contributed by atoms with Crippen molar-refractivity contribution in [1.82, 2.24) is 15.3 Å². The van der Waals surface area contributed by atoms with Crippen LogP contribution in [0.5, 0.6) is 5.75 Å². The summed E-state index contributed by atoms with van der Waals surface area (Å²) in [5.74, 6) is -1.34. The van der Waals surface area contributed by atoms with Gasteiger partial charge in [0.1, 0.15) is 11.8 Å². The van der Waals surface area contributed by atoms with E-state index in [4.69, 9.17) is 4.74 Å². The first-order chi connectivity index (χ1) is 23.7. The van der Waals surface area contributed by atoms with Crippen LogP contribution in [0.25, 0.3) is 22.5 Å². The molecule has 0 aliphatic carbocycles. The van der Waals surface area contributed by atoms with Crippen LogP contribution in [0.2, 0.25) is 0 Å². The first-order valence-electron chi connectivity index (χ1n) is 17.1. The van der Waals surface area contributed by atoms with Crippen LogP contribution in [0.15, 0.2) is 85.2 Å². The standard InChI is InChI=1S/C40H47N3O6/c1-4-5-6-7-8-21-49-35-19-17-30(18-20-35)34-24-41-38(42-25-34)32-11-9-28(10-12-32)22-33(39(46)43-36(26-44)40(47)48)23-37(45)31-15-13-29(14-16-31)27(2)3/h9-20,24-25,27,33,36,44H,4-8,21-23,26H2,1-3H3,(H,43,46)(H,47,48)/t33-,36+/m1/s1. The molecule has 1 aromatic heterocycles. The predicted molar refractivity (Wildman–Crippen MR) is 190 cm³/mol. The van der Waals surface area contributed by atoms with Gasteiger partial charge in [-0.25, -0.2) is 14.8 Å². The smallest absolute Gasteiger partial charge is 0.328 e. The van der Waals surface area contributed by atoms with Gasteiger partial charge in [-0.05, 0) is 47.6 Å². The number of Topliss-reactive ketones (excluding diaryl/α,β-unsaturated/α-hetero) is 1. The number of unbranched alkanes of at least 4 members (excludes halogenated alkanes) is 4. The van der Waals surface area contributed by atoms with E-state index in [2.05, 4.69) is 36.1 Å². The van der Waals surface area contributed by atoms with Gasteiger partial charge < -0.3 is 20.3 Å². The number of carbonyl (C=O) groups excluding carboxylic acids is 2. The van der Waals surface area contributed by atoms with Crippen LogP contribution in [0.4, 0.5) is 0 Å². The Morgan fingerprint density at radius 2 is 1.43 bits per heavy atom. The molecule has 3 N–H and O–H groups in total. The topological polar surface area (TPSA) is 139 Å². The average molecular weight is 666 g/mol. The number of rotatable bonds is 19. The minimum atomic E-state index is -1.46. The van der Waals surface area contributed by atoms with Crippen molar-refractivity contribution in [3.63, 3.8) is 0 Å². The minimum absolute atomic E-state index is 0.122. The molecule has 4 rings (SSSR count). The van der Waals surface area contributed by atoms with Gasteiger partial charge in [-0.15, -0.1) is 0 Å². The number of aliphatic hydroxyl groups is 1. The summed E-state index contributed by atoms with van der Waals surface area (Å²) >= 11 is 0. The molecule has 0 saturated carbocycles. The van der Waals surface area contributed by atoms with E-state index < -0.39 is 30.4 Å². The molecule has 0 unspecified atom stereocenters. The molecule has 2 atom stereocenters. The van der Waals surface area contributed by atoms with Gasteiger partial charge in [-0.3, -0.25) is 9.59 Å². The maximum absolute atomic E-state index is 13.2. The Labute approximate surface area is 288 Å². The SMILES string of the molecule is CCCCCCCOc1ccc(-c2cnc(-c3ccc(C[C@H](CC(=O)c4ccc(C(C)C)cc4)C(=O)N[C@@H](CO)C(=O)O)cc3)nc2)cc1. The Morgan fingerprint density at radius 3 is 2.02 bits per heavy atom. The van der Waals surface area contributed by atoms with E-state index in [0.717, 1.165) is 40.0 Å². The van der Waals surface area contributed by atoms with E-state index >= 15 is 0 Å². The molecule has 258 valence electrons. The number of carboxylic acids is 1. The summed E-state index contributed by atoms with van der Waals surface area (Å²) in [6.45, 7) is 6.30. The van der Waals surface area contributed by atoms with E-state index in [1.54, 1.807) is 24.5 Å². The maximum Gasteiger partial charge on any atom is 0.328 e. The molecule has 0 fully saturated rings. The molecule has 3 aromatic carbocycles. The zero-order chi connectivity index (χ0) is 35.2. The Hall–Kier alpha value is -4.89. The number of aromatic nitrogens is 2. The lowest BCUT2D eigenvalue weighted by atomic mass is 9.90. The van der Waals surface area contributed by atoms with Gasteiger partial charge in [0.2, 0.25) is 5.91 Å². The molecule has 0 aliphatic rings. The second kappa shape index (κ2) is 18.6. The Kier molecular flexibility index (Phi) is 14.0. The van der Waals surface area contributed by atoms with Crippen molar-refractivity contribution >= 4 is 17.7 Å². The third-order valence-electron chi connectivity index (χ3n) is 8.55. The lowest BCUT2D eigenvalue weighted by Gasteiger charge is -2.19. The van der Waals surface area contributed by atoms with E-state index in [-0.39, 0.29) is 18.6 Å². The molecule has 9 nitrogen and oxygen atoms in total. The first-order valence-corrected chi connectivity index (χ1v) is 17.1. The first kappa shape index (κ1) is 36.9. The zero-order valence-corrected chi connectivity index (χ0v) is 28.6. The van der Waals surface area contributed by atoms with Crippen LogP contribution in [0.1, 0.15) is 86.7 Å². The third kappa shape index (κ3) is 11.1. The highest BCUT2D eigenvalue weighted by Gasteiger charge is 2.27.